The molecule has 1 amide bonds. The number of anilines is 1. The van der Waals surface area contributed by atoms with Crippen LogP contribution in [-0.2, 0) is 0 Å². The van der Waals surface area contributed by atoms with E-state index in [4.69, 9.17) is 9.15 Å². The van der Waals surface area contributed by atoms with Crippen LogP contribution in [0.25, 0.3) is 11.0 Å². The van der Waals surface area contributed by atoms with Gasteiger partial charge in [0.1, 0.15) is 16.3 Å². The highest BCUT2D eigenvalue weighted by atomic mass is 32.1. The molecular weight excluding hydrogens is 402 g/mol. The summed E-state index contributed by atoms with van der Waals surface area (Å²) in [6.07, 6.45) is 0. The predicted molar refractivity (Wildman–Crippen MR) is 113 cm³/mol. The van der Waals surface area contributed by atoms with Gasteiger partial charge in [-0.15, -0.1) is 10.2 Å². The van der Waals surface area contributed by atoms with E-state index >= 15 is 0 Å². The topological polar surface area (TPSA) is 85.5 Å². The molecule has 3 heterocycles. The molecule has 2 aromatic heterocycles. The van der Waals surface area contributed by atoms with Crippen molar-refractivity contribution in [1.82, 2.24) is 10.2 Å². The summed E-state index contributed by atoms with van der Waals surface area (Å²) < 4.78 is 11.6. The number of carbonyl (C=O) groups is 1. The number of rotatable bonds is 4. The number of carbonyl (C=O) groups excluding carboxylic acids is 1. The summed E-state index contributed by atoms with van der Waals surface area (Å²) >= 11 is 1.29. The monoisotopic (exact) mass is 419 g/mol. The normalized spacial score (nSPS) is 15.6. The Morgan fingerprint density at radius 2 is 1.97 bits per heavy atom. The lowest BCUT2D eigenvalue weighted by atomic mass is 9.98. The highest BCUT2D eigenvalue weighted by Crippen LogP contribution is 2.42. The maximum absolute atomic E-state index is 13.4. The van der Waals surface area contributed by atoms with Gasteiger partial charge in [-0.25, -0.2) is 0 Å². The molecule has 150 valence electrons. The average Bonchev–Trinajstić information content (AvgIpc) is 3.30. The lowest BCUT2D eigenvalue weighted by molar-refractivity contribution is 0.0970. The minimum absolute atomic E-state index is 0.0402. The number of hydrogen-bond acceptors (Lipinski definition) is 7. The molecule has 0 saturated carbocycles. The van der Waals surface area contributed by atoms with Gasteiger partial charge < -0.3 is 9.15 Å². The van der Waals surface area contributed by atoms with Crippen LogP contribution in [0.3, 0.4) is 0 Å². The third-order valence-electron chi connectivity index (χ3n) is 4.98. The second kappa shape index (κ2) is 7.07. The predicted octanol–water partition coefficient (Wildman–Crippen LogP) is 4.10. The quantitative estimate of drug-likeness (QED) is 0.495. The lowest BCUT2D eigenvalue weighted by Gasteiger charge is -2.22. The number of nitrogens with zero attached hydrogens (tertiary/aromatic N) is 3. The first-order valence-corrected chi connectivity index (χ1v) is 10.3. The van der Waals surface area contributed by atoms with Crippen molar-refractivity contribution < 1.29 is 13.9 Å². The maximum atomic E-state index is 13.4. The number of para-hydroxylation sites is 1. The number of aryl methyl sites for hydroxylation is 1. The molecule has 7 nitrogen and oxygen atoms in total. The standard InChI is InChI=1S/C22H17N3O4S/c1-3-28-14-8-6-7-13(11-14)18-17-19(26)15-9-4-5-10-16(15)29-20(17)21(27)25(18)22-24-23-12(2)30-22/h4-11,18H,3H2,1-2H3. The minimum atomic E-state index is -0.680. The summed E-state index contributed by atoms with van der Waals surface area (Å²) in [6.45, 7) is 4.23. The van der Waals surface area contributed by atoms with Gasteiger partial charge >= 0.3 is 0 Å². The van der Waals surface area contributed by atoms with E-state index < -0.39 is 11.9 Å². The molecule has 0 fully saturated rings. The molecule has 4 aromatic rings. The summed E-state index contributed by atoms with van der Waals surface area (Å²) in [5, 5.41) is 9.79. The van der Waals surface area contributed by atoms with Gasteiger partial charge in [0, 0.05) is 0 Å². The number of ether oxygens (including phenoxy) is 1. The van der Waals surface area contributed by atoms with Crippen molar-refractivity contribution in [3.63, 3.8) is 0 Å². The van der Waals surface area contributed by atoms with Gasteiger partial charge in [-0.05, 0) is 43.7 Å². The van der Waals surface area contributed by atoms with Crippen LogP contribution < -0.4 is 15.1 Å². The lowest BCUT2D eigenvalue weighted by Crippen LogP contribution is -2.29. The Labute approximate surface area is 175 Å². The van der Waals surface area contributed by atoms with Crippen molar-refractivity contribution in [2.75, 3.05) is 11.5 Å². The van der Waals surface area contributed by atoms with Crippen molar-refractivity contribution in [3.05, 3.63) is 80.6 Å². The van der Waals surface area contributed by atoms with Crippen molar-refractivity contribution in [1.29, 1.82) is 0 Å². The van der Waals surface area contributed by atoms with E-state index in [0.717, 1.165) is 10.6 Å². The molecule has 5 rings (SSSR count). The zero-order valence-electron chi connectivity index (χ0n) is 16.3. The van der Waals surface area contributed by atoms with Crippen molar-refractivity contribution in [3.8, 4) is 5.75 Å². The van der Waals surface area contributed by atoms with Crippen molar-refractivity contribution >= 4 is 33.3 Å². The number of benzene rings is 2. The van der Waals surface area contributed by atoms with Crippen molar-refractivity contribution in [2.45, 2.75) is 19.9 Å². The van der Waals surface area contributed by atoms with Crippen molar-refractivity contribution in [2.24, 2.45) is 0 Å². The van der Waals surface area contributed by atoms with Crippen LogP contribution in [0, 0.1) is 6.92 Å². The molecule has 1 aliphatic rings. The number of fused-ring (bicyclic) bond motifs is 2. The molecule has 2 aromatic carbocycles. The first-order valence-electron chi connectivity index (χ1n) is 9.50. The van der Waals surface area contributed by atoms with Gasteiger partial charge in [0.05, 0.1) is 23.6 Å². The molecule has 30 heavy (non-hydrogen) atoms. The molecule has 0 aliphatic carbocycles. The molecular formula is C22H17N3O4S. The molecule has 1 atom stereocenters. The summed E-state index contributed by atoms with van der Waals surface area (Å²) in [6, 6.07) is 13.6. The molecule has 1 unspecified atom stereocenters. The van der Waals surface area contributed by atoms with E-state index in [0.29, 0.717) is 34.0 Å². The smallest absolute Gasteiger partial charge is 0.297 e. The van der Waals surface area contributed by atoms with E-state index in [-0.39, 0.29) is 11.2 Å². The zero-order valence-corrected chi connectivity index (χ0v) is 17.1. The maximum Gasteiger partial charge on any atom is 0.297 e. The molecule has 0 N–H and O–H groups in total. The van der Waals surface area contributed by atoms with Gasteiger partial charge in [-0.2, -0.15) is 0 Å². The Kier molecular flexibility index (Phi) is 4.36. The van der Waals surface area contributed by atoms with Gasteiger partial charge in [-0.1, -0.05) is 35.6 Å². The summed E-state index contributed by atoms with van der Waals surface area (Å²) in [7, 11) is 0. The Balaban J connectivity index is 1.79. The van der Waals surface area contributed by atoms with Crippen LogP contribution in [0.1, 0.15) is 39.7 Å². The first kappa shape index (κ1) is 18.5. The minimum Gasteiger partial charge on any atom is -0.494 e. The highest BCUT2D eigenvalue weighted by Gasteiger charge is 2.45. The van der Waals surface area contributed by atoms with Gasteiger partial charge in [0.15, 0.2) is 5.43 Å². The average molecular weight is 419 g/mol. The SMILES string of the molecule is CCOc1cccc(C2c3c(oc4ccccc4c3=O)C(=O)N2c2nnc(C)s2)c1. The molecule has 0 radical (unpaired) electrons. The van der Waals surface area contributed by atoms with Crippen LogP contribution >= 0.6 is 11.3 Å². The van der Waals surface area contributed by atoms with E-state index in [9.17, 15) is 9.59 Å². The molecule has 0 saturated heterocycles. The van der Waals surface area contributed by atoms with Crippen LogP contribution in [-0.4, -0.2) is 22.7 Å². The molecule has 0 spiro atoms. The van der Waals surface area contributed by atoms with Gasteiger partial charge in [0.2, 0.25) is 10.9 Å². The summed E-state index contributed by atoms with van der Waals surface area (Å²) in [5.74, 6) is 0.295. The highest BCUT2D eigenvalue weighted by molar-refractivity contribution is 7.15. The first-order chi connectivity index (χ1) is 14.6. The second-order valence-corrected chi connectivity index (χ2v) is 8.02. The van der Waals surface area contributed by atoms with Crippen LogP contribution in [0.5, 0.6) is 5.75 Å². The fourth-order valence-electron chi connectivity index (χ4n) is 3.76. The Morgan fingerprint density at radius 3 is 2.73 bits per heavy atom. The Bertz CT molecular complexity index is 1340. The third kappa shape index (κ3) is 2.80. The largest absolute Gasteiger partial charge is 0.494 e. The second-order valence-electron chi connectivity index (χ2n) is 6.86. The fraction of sp³-hybridized carbons (Fsp3) is 0.182. The van der Waals surface area contributed by atoms with E-state index in [1.54, 1.807) is 24.3 Å². The van der Waals surface area contributed by atoms with E-state index in [1.807, 2.05) is 38.1 Å². The number of aromatic nitrogens is 2. The van der Waals surface area contributed by atoms with Crippen LogP contribution in [0.15, 0.2) is 57.7 Å². The number of amides is 1. The molecule has 0 bridgehead atoms. The third-order valence-corrected chi connectivity index (χ3v) is 5.82. The van der Waals surface area contributed by atoms with Crippen LogP contribution in [0.2, 0.25) is 0 Å². The van der Waals surface area contributed by atoms with E-state index in [1.165, 1.54) is 16.2 Å². The zero-order chi connectivity index (χ0) is 20.8. The molecule has 1 aliphatic heterocycles. The van der Waals surface area contributed by atoms with Crippen LogP contribution in [0.4, 0.5) is 5.13 Å². The summed E-state index contributed by atoms with van der Waals surface area (Å²) in [5.41, 5.74) is 1.20. The molecule has 8 heteroatoms. The van der Waals surface area contributed by atoms with Gasteiger partial charge in [0.25, 0.3) is 5.91 Å². The Hall–Kier alpha value is -3.52. The fourth-order valence-corrected chi connectivity index (χ4v) is 4.47. The number of hydrogen-bond donors (Lipinski definition) is 0. The summed E-state index contributed by atoms with van der Waals surface area (Å²) in [4.78, 5) is 28.3. The Morgan fingerprint density at radius 1 is 1.13 bits per heavy atom. The van der Waals surface area contributed by atoms with Gasteiger partial charge in [-0.3, -0.25) is 14.5 Å². The van der Waals surface area contributed by atoms with E-state index in [2.05, 4.69) is 10.2 Å².